The van der Waals surface area contributed by atoms with Crippen molar-refractivity contribution in [1.82, 2.24) is 0 Å². The highest BCUT2D eigenvalue weighted by Gasteiger charge is 2.54. The molecule has 1 aliphatic carbocycles. The summed E-state index contributed by atoms with van der Waals surface area (Å²) >= 11 is 1.40. The van der Waals surface area contributed by atoms with Crippen LogP contribution in [0.25, 0.3) is 0 Å². The van der Waals surface area contributed by atoms with E-state index in [1.807, 2.05) is 6.08 Å². The van der Waals surface area contributed by atoms with E-state index >= 15 is 0 Å². The van der Waals surface area contributed by atoms with Gasteiger partial charge >= 0.3 is 0 Å². The maximum atomic E-state index is 13.2. The number of hydrogen-bond acceptors (Lipinski definition) is 5. The van der Waals surface area contributed by atoms with Gasteiger partial charge in [-0.15, -0.1) is 11.8 Å². The van der Waals surface area contributed by atoms with E-state index < -0.39 is 17.1 Å². The minimum Gasteiger partial charge on any atom is -0.395 e. The minimum absolute atomic E-state index is 0.0711. The SMILES string of the molecule is Cc1cc2c(cc1CC1C=CC(F)=CC1)[C@]1(OC2)SC(CO)CC(O)[C@H]1O. The molecule has 4 nitrogen and oxygen atoms in total. The molecule has 3 unspecified atom stereocenters. The van der Waals surface area contributed by atoms with Gasteiger partial charge in [-0.1, -0.05) is 18.2 Å². The molecule has 1 fully saturated rings. The van der Waals surface area contributed by atoms with Crippen LogP contribution in [0.15, 0.2) is 36.2 Å². The number of aryl methyl sites for hydroxylation is 1. The maximum absolute atomic E-state index is 13.2. The van der Waals surface area contributed by atoms with E-state index in [4.69, 9.17) is 4.74 Å². The van der Waals surface area contributed by atoms with Crippen molar-refractivity contribution in [2.45, 2.75) is 55.2 Å². The van der Waals surface area contributed by atoms with Gasteiger partial charge in [0.2, 0.25) is 0 Å². The number of fused-ring (bicyclic) bond motifs is 2. The van der Waals surface area contributed by atoms with E-state index in [9.17, 15) is 19.7 Å². The Hall–Kier alpha value is -1.18. The summed E-state index contributed by atoms with van der Waals surface area (Å²) in [7, 11) is 0. The molecule has 6 heteroatoms. The average Bonchev–Trinajstić information content (AvgIpc) is 2.99. The van der Waals surface area contributed by atoms with Crippen LogP contribution >= 0.6 is 11.8 Å². The third-order valence-electron chi connectivity index (χ3n) is 5.81. The average molecular weight is 392 g/mol. The summed E-state index contributed by atoms with van der Waals surface area (Å²) in [6, 6.07) is 4.16. The molecule has 27 heavy (non-hydrogen) atoms. The quantitative estimate of drug-likeness (QED) is 0.738. The fourth-order valence-corrected chi connectivity index (χ4v) is 5.89. The van der Waals surface area contributed by atoms with Crippen molar-refractivity contribution < 1.29 is 24.4 Å². The molecule has 1 aromatic carbocycles. The van der Waals surface area contributed by atoms with Crippen LogP contribution in [0.5, 0.6) is 0 Å². The van der Waals surface area contributed by atoms with Crippen LogP contribution in [0.3, 0.4) is 0 Å². The molecule has 1 saturated heterocycles. The lowest BCUT2D eigenvalue weighted by molar-refractivity contribution is -0.115. The highest BCUT2D eigenvalue weighted by atomic mass is 32.2. The van der Waals surface area contributed by atoms with Gasteiger partial charge in [0.25, 0.3) is 0 Å². The van der Waals surface area contributed by atoms with Crippen LogP contribution in [0.1, 0.15) is 35.1 Å². The molecule has 2 aliphatic heterocycles. The highest BCUT2D eigenvalue weighted by Crippen LogP contribution is 2.54. The molecule has 0 amide bonds. The first-order valence-corrected chi connectivity index (χ1v) is 10.3. The van der Waals surface area contributed by atoms with Crippen LogP contribution in [-0.4, -0.2) is 39.4 Å². The smallest absolute Gasteiger partial charge is 0.168 e. The zero-order chi connectivity index (χ0) is 19.2. The molecule has 146 valence electrons. The summed E-state index contributed by atoms with van der Waals surface area (Å²) in [5.74, 6) is 0.0503. The number of aliphatic hydroxyl groups is 3. The number of halogens is 1. The molecule has 4 rings (SSSR count). The Labute approximate surface area is 162 Å². The standard InChI is InChI=1S/C21H25FO4S/c1-12-6-15-11-26-21(20(25)19(24)9-17(10-23)27-21)18(15)8-14(12)7-13-2-4-16(22)5-3-13/h2,4-6,8,13,17,19-20,23-25H,3,7,9-11H2,1H3/t13?,17?,19?,20-,21+/m1/s1. The summed E-state index contributed by atoms with van der Waals surface area (Å²) < 4.78 is 19.3. The van der Waals surface area contributed by atoms with Gasteiger partial charge in [0.05, 0.1) is 19.3 Å². The van der Waals surface area contributed by atoms with Gasteiger partial charge in [-0.2, -0.15) is 0 Å². The Bertz CT molecular complexity index is 793. The van der Waals surface area contributed by atoms with Crippen LogP contribution < -0.4 is 0 Å². The van der Waals surface area contributed by atoms with Gasteiger partial charge in [-0.3, -0.25) is 0 Å². The number of aliphatic hydroxyl groups excluding tert-OH is 3. The molecular formula is C21H25FO4S. The summed E-state index contributed by atoms with van der Waals surface area (Å²) in [6.45, 7) is 2.36. The minimum atomic E-state index is -1.05. The molecule has 2 heterocycles. The van der Waals surface area contributed by atoms with Crippen molar-refractivity contribution in [3.05, 3.63) is 58.4 Å². The molecule has 0 radical (unpaired) electrons. The predicted octanol–water partition coefficient (Wildman–Crippen LogP) is 2.87. The van der Waals surface area contributed by atoms with Crippen molar-refractivity contribution in [2.75, 3.05) is 6.61 Å². The van der Waals surface area contributed by atoms with Gasteiger partial charge in [-0.05, 0) is 60.9 Å². The Morgan fingerprint density at radius 2 is 2.15 bits per heavy atom. The van der Waals surface area contributed by atoms with E-state index in [2.05, 4.69) is 19.1 Å². The van der Waals surface area contributed by atoms with E-state index in [0.29, 0.717) is 19.4 Å². The zero-order valence-electron chi connectivity index (χ0n) is 15.3. The number of benzene rings is 1. The summed E-state index contributed by atoms with van der Waals surface area (Å²) in [6.07, 6.45) is 4.84. The zero-order valence-corrected chi connectivity index (χ0v) is 16.1. The van der Waals surface area contributed by atoms with E-state index in [0.717, 1.165) is 28.7 Å². The topological polar surface area (TPSA) is 69.9 Å². The van der Waals surface area contributed by atoms with Gasteiger partial charge in [0, 0.05) is 10.8 Å². The number of thioether (sulfide) groups is 1. The van der Waals surface area contributed by atoms with Crippen molar-refractivity contribution in [1.29, 1.82) is 0 Å². The molecule has 1 aromatic rings. The molecule has 0 aromatic heterocycles. The van der Waals surface area contributed by atoms with Crippen molar-refractivity contribution in [2.24, 2.45) is 5.92 Å². The maximum Gasteiger partial charge on any atom is 0.168 e. The van der Waals surface area contributed by atoms with Crippen molar-refractivity contribution in [3.8, 4) is 0 Å². The Morgan fingerprint density at radius 1 is 1.33 bits per heavy atom. The Balaban J connectivity index is 1.67. The normalized spacial score (nSPS) is 35.4. The molecule has 5 atom stereocenters. The Kier molecular flexibility index (Phi) is 5.20. The monoisotopic (exact) mass is 392 g/mol. The van der Waals surface area contributed by atoms with Crippen LogP contribution in [0.4, 0.5) is 4.39 Å². The lowest BCUT2D eigenvalue weighted by Crippen LogP contribution is -2.51. The number of rotatable bonds is 3. The molecular weight excluding hydrogens is 367 g/mol. The number of ether oxygens (including phenoxy) is 1. The summed E-state index contributed by atoms with van der Waals surface area (Å²) in [4.78, 5) is -1.04. The largest absolute Gasteiger partial charge is 0.395 e. The second-order valence-corrected chi connectivity index (χ2v) is 9.22. The van der Waals surface area contributed by atoms with E-state index in [1.54, 1.807) is 6.08 Å². The van der Waals surface area contributed by atoms with E-state index in [1.165, 1.54) is 17.8 Å². The van der Waals surface area contributed by atoms with Crippen molar-refractivity contribution in [3.63, 3.8) is 0 Å². The third-order valence-corrected chi connectivity index (χ3v) is 7.41. The predicted molar refractivity (Wildman–Crippen MR) is 103 cm³/mol. The highest BCUT2D eigenvalue weighted by molar-refractivity contribution is 8.00. The third kappa shape index (κ3) is 3.38. The fraction of sp³-hybridized carbons (Fsp3) is 0.524. The molecule has 3 N–H and O–H groups in total. The van der Waals surface area contributed by atoms with Crippen LogP contribution in [-0.2, 0) is 22.7 Å². The molecule has 0 saturated carbocycles. The second kappa shape index (κ2) is 7.33. The van der Waals surface area contributed by atoms with Crippen molar-refractivity contribution >= 4 is 11.8 Å². The number of hydrogen-bond donors (Lipinski definition) is 3. The van der Waals surface area contributed by atoms with Crippen LogP contribution in [0, 0.1) is 12.8 Å². The first-order chi connectivity index (χ1) is 12.9. The molecule has 0 bridgehead atoms. The Morgan fingerprint density at radius 3 is 2.85 bits per heavy atom. The lowest BCUT2D eigenvalue weighted by Gasteiger charge is -2.43. The van der Waals surface area contributed by atoms with E-state index in [-0.39, 0.29) is 23.6 Å². The van der Waals surface area contributed by atoms with Crippen LogP contribution in [0.2, 0.25) is 0 Å². The van der Waals surface area contributed by atoms with Gasteiger partial charge in [-0.25, -0.2) is 4.39 Å². The summed E-state index contributed by atoms with van der Waals surface area (Å²) in [5, 5.41) is 30.5. The lowest BCUT2D eigenvalue weighted by atomic mass is 9.87. The fourth-order valence-electron chi connectivity index (χ4n) is 4.28. The van der Waals surface area contributed by atoms with Gasteiger partial charge < -0.3 is 20.1 Å². The molecule has 1 spiro atoms. The first-order valence-electron chi connectivity index (χ1n) is 9.38. The number of allylic oxidation sites excluding steroid dienone is 4. The van der Waals surface area contributed by atoms with Gasteiger partial charge in [0.1, 0.15) is 11.9 Å². The first kappa shape index (κ1) is 19.2. The second-order valence-electron chi connectivity index (χ2n) is 7.71. The molecule has 3 aliphatic rings. The van der Waals surface area contributed by atoms with Gasteiger partial charge in [0.15, 0.2) is 4.93 Å². The summed E-state index contributed by atoms with van der Waals surface area (Å²) in [5.41, 5.74) is 4.18.